The number of benzene rings is 1. The largest absolute Gasteiger partial charge is 0.399 e. The molecule has 0 aliphatic heterocycles. The van der Waals surface area contributed by atoms with Gasteiger partial charge in [-0.15, -0.1) is 0 Å². The minimum absolute atomic E-state index is 0.0663. The number of nitrogens with one attached hydrogen (secondary N) is 2. The molecule has 1 aromatic carbocycles. The van der Waals surface area contributed by atoms with Crippen molar-refractivity contribution >= 4 is 34.8 Å². The molecule has 0 aromatic heterocycles. The van der Waals surface area contributed by atoms with E-state index in [1.54, 1.807) is 0 Å². The fraction of sp³-hybridized carbons (Fsp3) is 0.429. The molecular weight excluding hydrogens is 292 g/mol. The number of amides is 2. The first-order valence-electron chi connectivity index (χ1n) is 6.70. The molecule has 0 spiro atoms. The molecule has 116 valence electrons. The summed E-state index contributed by atoms with van der Waals surface area (Å²) in [7, 11) is 0. The van der Waals surface area contributed by atoms with Crippen LogP contribution in [-0.4, -0.2) is 24.9 Å². The molecule has 21 heavy (non-hydrogen) atoms. The van der Waals surface area contributed by atoms with Crippen LogP contribution in [0.2, 0.25) is 5.02 Å². The maximum atomic E-state index is 11.6. The van der Waals surface area contributed by atoms with Crippen LogP contribution in [0.4, 0.5) is 11.4 Å². The Hall–Kier alpha value is -1.95. The van der Waals surface area contributed by atoms with Crippen LogP contribution < -0.4 is 22.1 Å². The fourth-order valence-electron chi connectivity index (χ4n) is 1.71. The summed E-state index contributed by atoms with van der Waals surface area (Å²) in [6.45, 7) is 5.01. The number of nitrogens with two attached hydrogens (primary N) is 2. The number of nitrogen functional groups attached to an aromatic ring is 1. The number of halogens is 1. The first-order valence-corrected chi connectivity index (χ1v) is 7.08. The monoisotopic (exact) mass is 312 g/mol. The first-order chi connectivity index (χ1) is 9.81. The van der Waals surface area contributed by atoms with Crippen molar-refractivity contribution in [1.29, 1.82) is 0 Å². The number of anilines is 2. The van der Waals surface area contributed by atoms with Gasteiger partial charge in [-0.25, -0.2) is 0 Å². The van der Waals surface area contributed by atoms with E-state index >= 15 is 0 Å². The van der Waals surface area contributed by atoms with Gasteiger partial charge in [-0.2, -0.15) is 0 Å². The molecule has 0 saturated heterocycles. The maximum absolute atomic E-state index is 11.6. The lowest BCUT2D eigenvalue weighted by Crippen LogP contribution is -2.29. The van der Waals surface area contributed by atoms with E-state index in [4.69, 9.17) is 23.1 Å². The Morgan fingerprint density at radius 1 is 1.33 bits per heavy atom. The highest BCUT2D eigenvalue weighted by atomic mass is 35.5. The minimum Gasteiger partial charge on any atom is -0.399 e. The van der Waals surface area contributed by atoms with Gasteiger partial charge in [0.1, 0.15) is 0 Å². The molecule has 0 bridgehead atoms. The highest BCUT2D eigenvalue weighted by Gasteiger charge is 2.13. The smallest absolute Gasteiger partial charge is 0.250 e. The van der Waals surface area contributed by atoms with Crippen molar-refractivity contribution in [3.63, 3.8) is 0 Å². The Kier molecular flexibility index (Phi) is 6.30. The lowest BCUT2D eigenvalue weighted by molar-refractivity contribution is -0.120. The Morgan fingerprint density at radius 3 is 2.57 bits per heavy atom. The number of hydrogen-bond donors (Lipinski definition) is 4. The lowest BCUT2D eigenvalue weighted by atomic mass is 10.1. The quantitative estimate of drug-likeness (QED) is 0.573. The van der Waals surface area contributed by atoms with Crippen molar-refractivity contribution in [1.82, 2.24) is 5.32 Å². The van der Waals surface area contributed by atoms with Crippen molar-refractivity contribution < 1.29 is 9.59 Å². The summed E-state index contributed by atoms with van der Waals surface area (Å²) < 4.78 is 0. The third-order valence-electron chi connectivity index (χ3n) is 2.74. The Labute approximate surface area is 129 Å². The number of hydrogen-bond acceptors (Lipinski definition) is 4. The molecule has 0 aliphatic rings. The van der Waals surface area contributed by atoms with Crippen LogP contribution in [0.5, 0.6) is 0 Å². The van der Waals surface area contributed by atoms with Gasteiger partial charge in [0.2, 0.25) is 5.91 Å². The second-order valence-electron chi connectivity index (χ2n) is 5.16. The SMILES string of the molecule is CC(C)CNC(=O)CCNc1c(Cl)cc(N)cc1C(N)=O. The van der Waals surface area contributed by atoms with Gasteiger partial charge in [-0.3, -0.25) is 9.59 Å². The van der Waals surface area contributed by atoms with Crippen LogP contribution in [0.1, 0.15) is 30.6 Å². The predicted molar refractivity (Wildman–Crippen MR) is 85.3 cm³/mol. The van der Waals surface area contributed by atoms with Crippen LogP contribution in [0.3, 0.4) is 0 Å². The highest BCUT2D eigenvalue weighted by Crippen LogP contribution is 2.28. The van der Waals surface area contributed by atoms with Crippen LogP contribution in [0.15, 0.2) is 12.1 Å². The standard InChI is InChI=1S/C14H21ClN4O2/c1-8(2)7-19-12(20)3-4-18-13-10(14(17)21)5-9(16)6-11(13)15/h5-6,8,18H,3-4,7,16H2,1-2H3,(H2,17,21)(H,19,20). The lowest BCUT2D eigenvalue weighted by Gasteiger charge is -2.13. The van der Waals surface area contributed by atoms with Crippen LogP contribution >= 0.6 is 11.6 Å². The van der Waals surface area contributed by atoms with Gasteiger partial charge in [0.05, 0.1) is 16.3 Å². The second kappa shape index (κ2) is 7.73. The molecule has 6 N–H and O–H groups in total. The van der Waals surface area contributed by atoms with Gasteiger partial charge in [-0.05, 0) is 18.1 Å². The molecule has 6 nitrogen and oxygen atoms in total. The van der Waals surface area contributed by atoms with E-state index in [2.05, 4.69) is 10.6 Å². The van der Waals surface area contributed by atoms with Crippen LogP contribution in [0, 0.1) is 5.92 Å². The van der Waals surface area contributed by atoms with E-state index in [-0.39, 0.29) is 17.9 Å². The Morgan fingerprint density at radius 2 is 2.00 bits per heavy atom. The zero-order valence-corrected chi connectivity index (χ0v) is 13.0. The molecule has 0 fully saturated rings. The van der Waals surface area contributed by atoms with Crippen LogP contribution in [0.25, 0.3) is 0 Å². The topological polar surface area (TPSA) is 110 Å². The van der Waals surface area contributed by atoms with E-state index in [1.165, 1.54) is 12.1 Å². The molecule has 0 atom stereocenters. The van der Waals surface area contributed by atoms with Gasteiger partial charge < -0.3 is 22.1 Å². The third kappa shape index (κ3) is 5.51. The molecule has 0 heterocycles. The molecule has 0 radical (unpaired) electrons. The van der Waals surface area contributed by atoms with E-state index in [0.29, 0.717) is 35.4 Å². The summed E-state index contributed by atoms with van der Waals surface area (Å²) in [5.74, 6) is -0.297. The van der Waals surface area contributed by atoms with Gasteiger partial charge in [0.25, 0.3) is 5.91 Å². The van der Waals surface area contributed by atoms with E-state index < -0.39 is 5.91 Å². The van der Waals surface area contributed by atoms with Gasteiger partial charge in [-0.1, -0.05) is 25.4 Å². The fourth-order valence-corrected chi connectivity index (χ4v) is 2.00. The maximum Gasteiger partial charge on any atom is 0.250 e. The van der Waals surface area contributed by atoms with Crippen molar-refractivity contribution in [3.05, 3.63) is 22.7 Å². The third-order valence-corrected chi connectivity index (χ3v) is 3.04. The number of primary amides is 1. The molecule has 0 saturated carbocycles. The van der Waals surface area contributed by atoms with Gasteiger partial charge in [0.15, 0.2) is 0 Å². The molecule has 0 aliphatic carbocycles. The number of rotatable bonds is 7. The van der Waals surface area contributed by atoms with Crippen molar-refractivity contribution in [2.75, 3.05) is 24.1 Å². The summed E-state index contributed by atoms with van der Waals surface area (Å²) in [5, 5.41) is 6.06. The molecule has 7 heteroatoms. The van der Waals surface area contributed by atoms with Crippen molar-refractivity contribution in [2.24, 2.45) is 11.7 Å². The molecule has 1 aromatic rings. The number of carbonyl (C=O) groups excluding carboxylic acids is 2. The van der Waals surface area contributed by atoms with Crippen molar-refractivity contribution in [2.45, 2.75) is 20.3 Å². The molecular formula is C14H21ClN4O2. The predicted octanol–water partition coefficient (Wildman–Crippen LogP) is 1.60. The summed E-state index contributed by atoms with van der Waals surface area (Å²) in [5.41, 5.74) is 11.9. The van der Waals surface area contributed by atoms with Crippen LogP contribution in [-0.2, 0) is 4.79 Å². The number of carbonyl (C=O) groups is 2. The Balaban J connectivity index is 2.63. The summed E-state index contributed by atoms with van der Waals surface area (Å²) in [6.07, 6.45) is 0.269. The van der Waals surface area contributed by atoms with E-state index in [9.17, 15) is 9.59 Å². The summed E-state index contributed by atoms with van der Waals surface area (Å²) in [4.78, 5) is 23.0. The average Bonchev–Trinajstić information content (AvgIpc) is 2.38. The first kappa shape index (κ1) is 17.1. The van der Waals surface area contributed by atoms with E-state index in [1.807, 2.05) is 13.8 Å². The molecule has 0 unspecified atom stereocenters. The van der Waals surface area contributed by atoms with Gasteiger partial charge in [0, 0.05) is 25.2 Å². The highest BCUT2D eigenvalue weighted by molar-refractivity contribution is 6.34. The summed E-state index contributed by atoms with van der Waals surface area (Å²) in [6, 6.07) is 2.98. The normalized spacial score (nSPS) is 10.5. The second-order valence-corrected chi connectivity index (χ2v) is 5.57. The summed E-state index contributed by atoms with van der Waals surface area (Å²) >= 11 is 6.05. The van der Waals surface area contributed by atoms with Gasteiger partial charge >= 0.3 is 0 Å². The van der Waals surface area contributed by atoms with Crippen molar-refractivity contribution in [3.8, 4) is 0 Å². The van der Waals surface area contributed by atoms with E-state index in [0.717, 1.165) is 0 Å². The minimum atomic E-state index is -0.629. The average molecular weight is 313 g/mol. The zero-order chi connectivity index (χ0) is 16.0. The molecule has 1 rings (SSSR count). The zero-order valence-electron chi connectivity index (χ0n) is 12.2. The Bertz CT molecular complexity index is 532. The molecule has 2 amide bonds.